The van der Waals surface area contributed by atoms with Gasteiger partial charge in [-0.2, -0.15) is 0 Å². The van der Waals surface area contributed by atoms with E-state index >= 15 is 0 Å². The van der Waals surface area contributed by atoms with Crippen molar-refractivity contribution in [1.29, 1.82) is 0 Å². The highest BCUT2D eigenvalue weighted by Gasteiger charge is 2.36. The first-order valence-electron chi connectivity index (χ1n) is 7.38. The van der Waals surface area contributed by atoms with E-state index in [2.05, 4.69) is 0 Å². The van der Waals surface area contributed by atoms with Crippen LogP contribution in [0.3, 0.4) is 0 Å². The molecule has 4 nitrogen and oxygen atoms in total. The van der Waals surface area contributed by atoms with E-state index in [9.17, 15) is 9.59 Å². The van der Waals surface area contributed by atoms with Crippen LogP contribution in [0.5, 0.6) is 0 Å². The summed E-state index contributed by atoms with van der Waals surface area (Å²) in [7, 11) is 0. The van der Waals surface area contributed by atoms with E-state index in [1.54, 1.807) is 12.1 Å². The fourth-order valence-electron chi connectivity index (χ4n) is 2.93. The Hall–Kier alpha value is -2.10. The van der Waals surface area contributed by atoms with Crippen LogP contribution in [0.15, 0.2) is 12.1 Å². The zero-order valence-corrected chi connectivity index (χ0v) is 13.8. The number of rotatable bonds is 0. The van der Waals surface area contributed by atoms with E-state index in [0.717, 1.165) is 21.6 Å². The molecule has 0 unspecified atom stereocenters. The highest BCUT2D eigenvalue weighted by Crippen LogP contribution is 2.28. The largest absolute Gasteiger partial charge is 0.451 e. The molecule has 2 aliphatic rings. The molecule has 0 saturated heterocycles. The maximum absolute atomic E-state index is 12.3. The Balaban J connectivity index is 2.48. The number of carbonyl (C=O) groups excluding carboxylic acids is 2. The molecule has 0 fully saturated rings. The lowest BCUT2D eigenvalue weighted by atomic mass is 9.87. The minimum absolute atomic E-state index is 0.349. The van der Waals surface area contributed by atoms with Crippen molar-refractivity contribution < 1.29 is 19.1 Å². The van der Waals surface area contributed by atoms with Gasteiger partial charge in [0, 0.05) is 0 Å². The van der Waals surface area contributed by atoms with Gasteiger partial charge in [0.1, 0.15) is 11.2 Å². The van der Waals surface area contributed by atoms with Crippen LogP contribution in [0.1, 0.15) is 62.3 Å². The molecule has 0 saturated carbocycles. The molecule has 2 aliphatic heterocycles. The lowest BCUT2D eigenvalue weighted by Gasteiger charge is -2.33. The molecule has 0 N–H and O–H groups in total. The van der Waals surface area contributed by atoms with Gasteiger partial charge in [-0.05, 0) is 75.3 Å². The third-order valence-electron chi connectivity index (χ3n) is 4.91. The van der Waals surface area contributed by atoms with Crippen LogP contribution in [0.2, 0.25) is 0 Å². The van der Waals surface area contributed by atoms with E-state index in [-0.39, 0.29) is 11.9 Å². The maximum atomic E-state index is 12.3. The Morgan fingerprint density at radius 2 is 1.05 bits per heavy atom. The number of cyclic esters (lactones) is 2. The minimum Gasteiger partial charge on any atom is -0.451 e. The summed E-state index contributed by atoms with van der Waals surface area (Å²) in [6.07, 6.45) is 0. The van der Waals surface area contributed by atoms with Crippen LogP contribution in [0, 0.1) is 0 Å². The van der Waals surface area contributed by atoms with Gasteiger partial charge in [-0.3, -0.25) is 0 Å². The summed E-state index contributed by atoms with van der Waals surface area (Å²) >= 11 is 0. The number of hydrogen-bond donors (Lipinski definition) is 0. The summed E-state index contributed by atoms with van der Waals surface area (Å²) in [6, 6.07) is 3.53. The Kier molecular flexibility index (Phi) is 2.84. The zero-order valence-electron chi connectivity index (χ0n) is 13.8. The van der Waals surface area contributed by atoms with Crippen LogP contribution in [-0.4, -0.2) is 23.1 Å². The van der Waals surface area contributed by atoms with Crippen LogP contribution in [0.25, 0.3) is 11.1 Å². The number of fused-ring (bicyclic) bond motifs is 2. The molecule has 3 rings (SSSR count). The summed E-state index contributed by atoms with van der Waals surface area (Å²) < 4.78 is 11.0. The van der Waals surface area contributed by atoms with Gasteiger partial charge in [-0.15, -0.1) is 0 Å². The average molecular weight is 300 g/mol. The van der Waals surface area contributed by atoms with E-state index in [1.807, 2.05) is 41.5 Å². The molecular formula is C18H20O4. The Bertz CT molecular complexity index is 769. The molecule has 0 bridgehead atoms. The second kappa shape index (κ2) is 4.22. The van der Waals surface area contributed by atoms with E-state index in [4.69, 9.17) is 9.47 Å². The van der Waals surface area contributed by atoms with Gasteiger partial charge in [-0.25, -0.2) is 9.59 Å². The number of ether oxygens (including phenoxy) is 2. The van der Waals surface area contributed by atoms with Crippen molar-refractivity contribution in [1.82, 2.24) is 0 Å². The molecule has 0 radical (unpaired) electrons. The summed E-state index contributed by atoms with van der Waals surface area (Å²) in [6.45, 7) is 11.2. The maximum Gasteiger partial charge on any atom is 0.339 e. The van der Waals surface area contributed by atoms with Crippen molar-refractivity contribution in [3.8, 4) is 0 Å². The number of carbonyl (C=O) groups is 2. The smallest absolute Gasteiger partial charge is 0.339 e. The van der Waals surface area contributed by atoms with Gasteiger partial charge < -0.3 is 9.47 Å². The van der Waals surface area contributed by atoms with Gasteiger partial charge in [0.2, 0.25) is 0 Å². The van der Waals surface area contributed by atoms with Crippen molar-refractivity contribution in [3.63, 3.8) is 0 Å². The van der Waals surface area contributed by atoms with Crippen molar-refractivity contribution in [3.05, 3.63) is 33.7 Å². The normalized spacial score (nSPS) is 21.7. The number of hydrogen-bond acceptors (Lipinski definition) is 4. The fourth-order valence-corrected chi connectivity index (χ4v) is 2.93. The second-order valence-corrected chi connectivity index (χ2v) is 6.99. The van der Waals surface area contributed by atoms with Gasteiger partial charge in [0.15, 0.2) is 0 Å². The van der Waals surface area contributed by atoms with Crippen LogP contribution in [-0.2, 0) is 9.47 Å². The molecule has 4 heteroatoms. The molecule has 0 aromatic heterocycles. The van der Waals surface area contributed by atoms with E-state index in [1.165, 1.54) is 0 Å². The van der Waals surface area contributed by atoms with Crippen molar-refractivity contribution in [2.75, 3.05) is 0 Å². The molecule has 0 amide bonds. The topological polar surface area (TPSA) is 52.6 Å². The fraction of sp³-hybridized carbons (Fsp3) is 0.444. The highest BCUT2D eigenvalue weighted by atomic mass is 16.6. The summed E-state index contributed by atoms with van der Waals surface area (Å²) in [5.41, 5.74) is 1.55. The first kappa shape index (κ1) is 14.8. The van der Waals surface area contributed by atoms with Crippen molar-refractivity contribution in [2.45, 2.75) is 52.7 Å². The first-order valence-corrected chi connectivity index (χ1v) is 7.38. The molecule has 0 spiro atoms. The van der Waals surface area contributed by atoms with Crippen molar-refractivity contribution >= 4 is 23.1 Å². The summed E-state index contributed by atoms with van der Waals surface area (Å²) in [4.78, 5) is 24.6. The number of esters is 2. The quantitative estimate of drug-likeness (QED) is 0.687. The van der Waals surface area contributed by atoms with Crippen molar-refractivity contribution in [2.24, 2.45) is 0 Å². The summed E-state index contributed by atoms with van der Waals surface area (Å²) in [5, 5.41) is 1.54. The van der Waals surface area contributed by atoms with Crippen LogP contribution >= 0.6 is 0 Å². The molecule has 0 aliphatic carbocycles. The van der Waals surface area contributed by atoms with Gasteiger partial charge in [0.25, 0.3) is 0 Å². The Morgan fingerprint density at radius 1 is 0.727 bits per heavy atom. The van der Waals surface area contributed by atoms with Gasteiger partial charge in [0.05, 0.1) is 11.1 Å². The lowest BCUT2D eigenvalue weighted by molar-refractivity contribution is 0.0150. The molecule has 1 aromatic carbocycles. The third kappa shape index (κ3) is 1.90. The lowest BCUT2D eigenvalue weighted by Crippen LogP contribution is -2.45. The predicted octanol–water partition coefficient (Wildman–Crippen LogP) is 1.93. The molecule has 116 valence electrons. The molecule has 1 aromatic rings. The molecule has 2 heterocycles. The van der Waals surface area contributed by atoms with Crippen LogP contribution in [0.4, 0.5) is 0 Å². The van der Waals surface area contributed by atoms with Gasteiger partial charge in [-0.1, -0.05) is 0 Å². The Labute approximate surface area is 129 Å². The Morgan fingerprint density at radius 3 is 1.36 bits per heavy atom. The van der Waals surface area contributed by atoms with Crippen LogP contribution < -0.4 is 10.4 Å². The predicted molar refractivity (Wildman–Crippen MR) is 82.8 cm³/mol. The molecule has 22 heavy (non-hydrogen) atoms. The second-order valence-electron chi connectivity index (χ2n) is 6.99. The SMILES string of the molecule is CC1=c2cc3c(cc2C(=O)OC1(C)C)=C(C)C(C)(C)OC3=O. The average Bonchev–Trinajstić information content (AvgIpc) is 2.40. The summed E-state index contributed by atoms with van der Waals surface area (Å²) in [5.74, 6) is -0.698. The number of benzene rings is 1. The van der Waals surface area contributed by atoms with E-state index in [0.29, 0.717) is 11.1 Å². The zero-order chi connectivity index (χ0) is 16.4. The van der Waals surface area contributed by atoms with Gasteiger partial charge >= 0.3 is 11.9 Å². The molecular weight excluding hydrogens is 280 g/mol. The highest BCUT2D eigenvalue weighted by molar-refractivity contribution is 5.98. The third-order valence-corrected chi connectivity index (χ3v) is 4.91. The molecule has 0 atom stereocenters. The first-order chi connectivity index (χ1) is 10.0. The standard InChI is InChI=1S/C18H20O4/c1-9-11-7-14-12(10(2)18(5,6)22-16(14)20)8-13(11)15(19)21-17(9,3)4/h7-8H,1-6H3. The van der Waals surface area contributed by atoms with E-state index < -0.39 is 11.2 Å². The minimum atomic E-state index is -0.672. The monoisotopic (exact) mass is 300 g/mol.